The molecule has 7 nitrogen and oxygen atoms in total. The van der Waals surface area contributed by atoms with E-state index in [4.69, 9.17) is 4.98 Å². The molecule has 1 aliphatic rings. The number of amides is 1. The highest BCUT2D eigenvalue weighted by molar-refractivity contribution is 5.79. The smallest absolute Gasteiger partial charge is 0.267 e. The van der Waals surface area contributed by atoms with Gasteiger partial charge >= 0.3 is 0 Å². The molecule has 0 aliphatic carbocycles. The lowest BCUT2D eigenvalue weighted by Crippen LogP contribution is -2.42. The fraction of sp³-hybridized carbons (Fsp3) is 0.429. The number of carbonyl (C=O) groups excluding carboxylic acids is 1. The third-order valence-electron chi connectivity index (χ3n) is 5.61. The number of piperidine rings is 1. The SMILES string of the molecule is Cc1cc(=O)n(CC(=O)N2CCC[C@@H](c3nc4c(C)cccc4[nH]3)C2)nc1C. The van der Waals surface area contributed by atoms with Crippen molar-refractivity contribution in [1.82, 2.24) is 24.6 Å². The van der Waals surface area contributed by atoms with Gasteiger partial charge in [0.1, 0.15) is 12.4 Å². The Morgan fingerprint density at radius 3 is 2.86 bits per heavy atom. The van der Waals surface area contributed by atoms with E-state index >= 15 is 0 Å². The van der Waals surface area contributed by atoms with Gasteiger partial charge in [0.2, 0.25) is 5.91 Å². The number of nitrogens with zero attached hydrogens (tertiary/aromatic N) is 4. The summed E-state index contributed by atoms with van der Waals surface area (Å²) in [5.41, 5.74) is 4.53. The zero-order valence-electron chi connectivity index (χ0n) is 16.5. The second kappa shape index (κ2) is 7.22. The Morgan fingerprint density at radius 2 is 2.07 bits per heavy atom. The van der Waals surface area contributed by atoms with E-state index in [9.17, 15) is 9.59 Å². The number of hydrogen-bond donors (Lipinski definition) is 1. The average Bonchev–Trinajstić information content (AvgIpc) is 3.12. The summed E-state index contributed by atoms with van der Waals surface area (Å²) in [6.07, 6.45) is 1.91. The molecule has 0 bridgehead atoms. The largest absolute Gasteiger partial charge is 0.342 e. The molecule has 0 spiro atoms. The van der Waals surface area contributed by atoms with Gasteiger partial charge in [-0.05, 0) is 50.8 Å². The topological polar surface area (TPSA) is 83.9 Å². The number of hydrogen-bond acceptors (Lipinski definition) is 4. The van der Waals surface area contributed by atoms with Gasteiger partial charge in [-0.1, -0.05) is 12.1 Å². The summed E-state index contributed by atoms with van der Waals surface area (Å²) in [4.78, 5) is 35.0. The average molecular weight is 379 g/mol. The molecule has 2 aromatic heterocycles. The Bertz CT molecular complexity index is 1100. The highest BCUT2D eigenvalue weighted by Gasteiger charge is 2.27. The number of imidazole rings is 1. The molecule has 146 valence electrons. The summed E-state index contributed by atoms with van der Waals surface area (Å²) in [5, 5.41) is 4.26. The number of aromatic nitrogens is 4. The van der Waals surface area contributed by atoms with Crippen LogP contribution in [0.25, 0.3) is 11.0 Å². The Hall–Kier alpha value is -2.96. The van der Waals surface area contributed by atoms with Crippen molar-refractivity contribution in [2.75, 3.05) is 13.1 Å². The van der Waals surface area contributed by atoms with E-state index in [1.807, 2.05) is 30.9 Å². The molecule has 0 radical (unpaired) electrons. The van der Waals surface area contributed by atoms with Crippen LogP contribution in [-0.4, -0.2) is 43.6 Å². The van der Waals surface area contributed by atoms with Crippen molar-refractivity contribution in [2.45, 2.75) is 46.1 Å². The molecule has 1 saturated heterocycles. The molecule has 28 heavy (non-hydrogen) atoms. The number of rotatable bonds is 3. The molecule has 3 aromatic rings. The van der Waals surface area contributed by atoms with Gasteiger partial charge in [0.05, 0.1) is 16.7 Å². The monoisotopic (exact) mass is 379 g/mol. The molecular weight excluding hydrogens is 354 g/mol. The van der Waals surface area contributed by atoms with E-state index in [1.54, 1.807) is 0 Å². The van der Waals surface area contributed by atoms with E-state index in [0.29, 0.717) is 13.1 Å². The summed E-state index contributed by atoms with van der Waals surface area (Å²) in [6.45, 7) is 7.03. The number of aryl methyl sites for hydroxylation is 3. The number of fused-ring (bicyclic) bond motifs is 1. The molecule has 3 heterocycles. The lowest BCUT2D eigenvalue weighted by molar-refractivity contribution is -0.133. The van der Waals surface area contributed by atoms with E-state index in [1.165, 1.54) is 10.7 Å². The van der Waals surface area contributed by atoms with Gasteiger partial charge in [-0.15, -0.1) is 0 Å². The first-order valence-corrected chi connectivity index (χ1v) is 9.71. The van der Waals surface area contributed by atoms with Crippen molar-refractivity contribution in [3.05, 3.63) is 57.3 Å². The van der Waals surface area contributed by atoms with Gasteiger partial charge in [0.25, 0.3) is 5.56 Å². The van der Waals surface area contributed by atoms with Crippen molar-refractivity contribution < 1.29 is 4.79 Å². The van der Waals surface area contributed by atoms with Crippen molar-refractivity contribution >= 4 is 16.9 Å². The van der Waals surface area contributed by atoms with Crippen molar-refractivity contribution in [1.29, 1.82) is 0 Å². The number of aromatic amines is 1. The zero-order valence-corrected chi connectivity index (χ0v) is 16.5. The minimum atomic E-state index is -0.238. The summed E-state index contributed by atoms with van der Waals surface area (Å²) in [7, 11) is 0. The molecule has 1 aliphatic heterocycles. The number of carbonyl (C=O) groups is 1. The number of para-hydroxylation sites is 1. The number of likely N-dealkylation sites (tertiary alicyclic amines) is 1. The fourth-order valence-corrected chi connectivity index (χ4v) is 3.83. The maximum Gasteiger partial charge on any atom is 0.267 e. The normalized spacial score (nSPS) is 17.2. The van der Waals surface area contributed by atoms with Gasteiger partial charge in [0.15, 0.2) is 0 Å². The van der Waals surface area contributed by atoms with Crippen molar-refractivity contribution in [3.63, 3.8) is 0 Å². The van der Waals surface area contributed by atoms with E-state index in [-0.39, 0.29) is 23.9 Å². The fourth-order valence-electron chi connectivity index (χ4n) is 3.83. The van der Waals surface area contributed by atoms with Crippen LogP contribution >= 0.6 is 0 Å². The van der Waals surface area contributed by atoms with Gasteiger partial charge in [-0.2, -0.15) is 5.10 Å². The molecule has 0 unspecified atom stereocenters. The number of benzene rings is 1. The lowest BCUT2D eigenvalue weighted by atomic mass is 9.97. The quantitative estimate of drug-likeness (QED) is 0.758. The third-order valence-corrected chi connectivity index (χ3v) is 5.61. The Balaban J connectivity index is 1.51. The maximum atomic E-state index is 12.8. The summed E-state index contributed by atoms with van der Waals surface area (Å²) in [6, 6.07) is 7.64. The molecule has 1 amide bonds. The first kappa shape index (κ1) is 18.4. The Morgan fingerprint density at radius 1 is 1.25 bits per heavy atom. The van der Waals surface area contributed by atoms with Crippen LogP contribution in [0.15, 0.2) is 29.1 Å². The summed E-state index contributed by atoms with van der Waals surface area (Å²) < 4.78 is 1.26. The van der Waals surface area contributed by atoms with Gasteiger partial charge in [-0.3, -0.25) is 9.59 Å². The van der Waals surface area contributed by atoms with E-state index in [2.05, 4.69) is 23.1 Å². The van der Waals surface area contributed by atoms with Crippen LogP contribution in [0, 0.1) is 20.8 Å². The van der Waals surface area contributed by atoms with Crippen molar-refractivity contribution in [2.24, 2.45) is 0 Å². The molecule has 7 heteroatoms. The first-order chi connectivity index (χ1) is 13.4. The second-order valence-electron chi connectivity index (χ2n) is 7.68. The van der Waals surface area contributed by atoms with Crippen LogP contribution in [0.2, 0.25) is 0 Å². The minimum Gasteiger partial charge on any atom is -0.342 e. The number of nitrogens with one attached hydrogen (secondary N) is 1. The predicted molar refractivity (Wildman–Crippen MR) is 107 cm³/mol. The first-order valence-electron chi connectivity index (χ1n) is 9.71. The zero-order chi connectivity index (χ0) is 19.8. The number of H-pyrrole nitrogens is 1. The maximum absolute atomic E-state index is 12.8. The van der Waals surface area contributed by atoms with Crippen molar-refractivity contribution in [3.8, 4) is 0 Å². The minimum absolute atomic E-state index is 0.0219. The summed E-state index contributed by atoms with van der Waals surface area (Å²) >= 11 is 0. The molecular formula is C21H25N5O2. The van der Waals surface area contributed by atoms with Gasteiger partial charge in [0, 0.05) is 25.1 Å². The molecule has 1 aromatic carbocycles. The van der Waals surface area contributed by atoms with Crippen LogP contribution in [0.5, 0.6) is 0 Å². The third kappa shape index (κ3) is 3.44. The summed E-state index contributed by atoms with van der Waals surface area (Å²) in [5.74, 6) is 1.03. The van der Waals surface area contributed by atoms with Crippen LogP contribution < -0.4 is 5.56 Å². The predicted octanol–water partition coefficient (Wildman–Crippen LogP) is 2.45. The van der Waals surface area contributed by atoms with Crippen LogP contribution in [0.3, 0.4) is 0 Å². The molecule has 4 rings (SSSR count). The second-order valence-corrected chi connectivity index (χ2v) is 7.68. The van der Waals surface area contributed by atoms with Gasteiger partial charge in [-0.25, -0.2) is 9.67 Å². The Kier molecular flexibility index (Phi) is 4.75. The van der Waals surface area contributed by atoms with Crippen LogP contribution in [0.1, 0.15) is 41.4 Å². The molecule has 1 atom stereocenters. The highest BCUT2D eigenvalue weighted by Crippen LogP contribution is 2.27. The molecule has 1 fully saturated rings. The molecule has 1 N–H and O–H groups in total. The lowest BCUT2D eigenvalue weighted by Gasteiger charge is -2.32. The van der Waals surface area contributed by atoms with Gasteiger partial charge < -0.3 is 9.88 Å². The standard InChI is InChI=1S/C21H25N5O2/c1-13-6-4-8-17-20(13)23-21(22-17)16-7-5-9-25(11-16)19(28)12-26-18(27)10-14(2)15(3)24-26/h4,6,8,10,16H,5,7,9,11-12H2,1-3H3,(H,22,23)/t16-/m1/s1. The van der Waals surface area contributed by atoms with E-state index in [0.717, 1.165) is 46.5 Å². The van der Waals surface area contributed by atoms with E-state index < -0.39 is 0 Å². The molecule has 0 saturated carbocycles. The highest BCUT2D eigenvalue weighted by atomic mass is 16.2. The Labute approximate surface area is 163 Å². The van der Waals surface area contributed by atoms with Crippen LogP contribution in [-0.2, 0) is 11.3 Å². The van der Waals surface area contributed by atoms with Crippen LogP contribution in [0.4, 0.5) is 0 Å².